The predicted molar refractivity (Wildman–Crippen MR) is 125 cm³/mol. The normalized spacial score (nSPS) is 11.4. The maximum absolute atomic E-state index is 12.5. The molecule has 0 fully saturated rings. The van der Waals surface area contributed by atoms with E-state index in [0.717, 1.165) is 25.3 Å². The van der Waals surface area contributed by atoms with Gasteiger partial charge >= 0.3 is 26.7 Å². The van der Waals surface area contributed by atoms with E-state index in [4.69, 9.17) is 22.4 Å². The number of rotatable bonds is 6. The molecule has 0 atom stereocenters. The topological polar surface area (TPSA) is 131 Å². The van der Waals surface area contributed by atoms with Crippen LogP contribution in [0, 0.1) is 7.14 Å². The molecule has 0 unspecified atom stereocenters. The van der Waals surface area contributed by atoms with Crippen molar-refractivity contribution in [3.8, 4) is 11.5 Å². The van der Waals surface area contributed by atoms with Crippen LogP contribution in [0.15, 0.2) is 60.8 Å². The van der Waals surface area contributed by atoms with Gasteiger partial charge in [0.1, 0.15) is 17.2 Å². The monoisotopic (exact) mass is 667 g/mol. The molecule has 0 saturated carbocycles. The Balaban J connectivity index is 0.000000414. The Morgan fingerprint density at radius 2 is 1.59 bits per heavy atom. The number of amides is 1. The number of carbonyl (C=O) groups excluding carboxylic acids is 1. The SMILES string of the molecule is COc1ccc([I+]c2ccc(C(=O)Nc3nc4ccc(OC)cc4s3)nc2)cc1.O=S(=O)([O-])C(F)(F)F. The van der Waals surface area contributed by atoms with E-state index >= 15 is 0 Å². The minimum Gasteiger partial charge on any atom is -0.741 e. The van der Waals surface area contributed by atoms with Crippen LogP contribution < -0.4 is 36.0 Å². The molecule has 0 bridgehead atoms. The number of nitrogens with zero attached hydrogens (tertiary/aromatic N) is 2. The van der Waals surface area contributed by atoms with E-state index in [1.807, 2.05) is 36.4 Å². The molecule has 37 heavy (non-hydrogen) atoms. The van der Waals surface area contributed by atoms with Gasteiger partial charge in [0, 0.05) is 0 Å². The third-order valence-electron chi connectivity index (χ3n) is 4.33. The fraction of sp³-hybridized carbons (Fsp3) is 0.136. The molecule has 1 amide bonds. The first-order valence-electron chi connectivity index (χ1n) is 9.92. The van der Waals surface area contributed by atoms with Crippen molar-refractivity contribution in [1.82, 2.24) is 9.97 Å². The molecule has 196 valence electrons. The number of thiazole rings is 1. The Morgan fingerprint density at radius 3 is 2.14 bits per heavy atom. The van der Waals surface area contributed by atoms with Crippen LogP contribution in [0.4, 0.5) is 18.3 Å². The molecule has 0 aliphatic carbocycles. The highest BCUT2D eigenvalue weighted by atomic mass is 127. The van der Waals surface area contributed by atoms with Crippen LogP contribution in [0.25, 0.3) is 10.2 Å². The lowest BCUT2D eigenvalue weighted by Crippen LogP contribution is -3.61. The summed E-state index contributed by atoms with van der Waals surface area (Å²) in [4.78, 5) is 21.3. The van der Waals surface area contributed by atoms with Crippen molar-refractivity contribution in [1.29, 1.82) is 0 Å². The van der Waals surface area contributed by atoms with E-state index < -0.39 is 15.6 Å². The highest BCUT2D eigenvalue weighted by molar-refractivity contribution is 7.86. The van der Waals surface area contributed by atoms with Gasteiger partial charge in [0.05, 0.1) is 30.6 Å². The van der Waals surface area contributed by atoms with E-state index in [-0.39, 0.29) is 27.1 Å². The number of pyridine rings is 1. The first kappa shape index (κ1) is 28.5. The van der Waals surface area contributed by atoms with Gasteiger partial charge in [-0.25, -0.2) is 18.4 Å². The van der Waals surface area contributed by atoms with Crippen molar-refractivity contribution >= 4 is 42.7 Å². The average molecular weight is 667 g/mol. The maximum atomic E-state index is 12.5. The van der Waals surface area contributed by atoms with Crippen molar-refractivity contribution in [2.24, 2.45) is 0 Å². The zero-order valence-corrected chi connectivity index (χ0v) is 22.7. The zero-order valence-electron chi connectivity index (χ0n) is 18.9. The minimum absolute atomic E-state index is 0.273. The highest BCUT2D eigenvalue weighted by Gasteiger charge is 2.36. The van der Waals surface area contributed by atoms with Crippen molar-refractivity contribution in [3.05, 3.63) is 73.6 Å². The second kappa shape index (κ2) is 12.0. The third-order valence-corrected chi connectivity index (χ3v) is 8.43. The summed E-state index contributed by atoms with van der Waals surface area (Å²) in [7, 11) is -2.81. The lowest BCUT2D eigenvalue weighted by molar-refractivity contribution is -0.597. The van der Waals surface area contributed by atoms with Crippen LogP contribution in [-0.4, -0.2) is 48.6 Å². The van der Waals surface area contributed by atoms with E-state index in [1.165, 1.54) is 14.9 Å². The van der Waals surface area contributed by atoms with Gasteiger partial charge in [0.2, 0.25) is 3.57 Å². The molecule has 1 N–H and O–H groups in total. The number of alkyl halides is 3. The summed E-state index contributed by atoms with van der Waals surface area (Å²) in [5, 5.41) is 3.36. The molecule has 2 aromatic carbocycles. The van der Waals surface area contributed by atoms with Crippen LogP contribution in [-0.2, 0) is 10.1 Å². The first-order chi connectivity index (χ1) is 17.4. The molecule has 0 aliphatic rings. The van der Waals surface area contributed by atoms with Gasteiger partial charge in [-0.3, -0.25) is 10.1 Å². The van der Waals surface area contributed by atoms with Crippen molar-refractivity contribution in [2.45, 2.75) is 5.51 Å². The Morgan fingerprint density at radius 1 is 1.00 bits per heavy atom. The molecule has 0 spiro atoms. The Hall–Kier alpha value is -3.02. The average Bonchev–Trinajstić information content (AvgIpc) is 3.25. The smallest absolute Gasteiger partial charge is 0.485 e. The minimum atomic E-state index is -6.09. The first-order valence-corrected chi connectivity index (χ1v) is 14.3. The van der Waals surface area contributed by atoms with Crippen LogP contribution in [0.2, 0.25) is 0 Å². The van der Waals surface area contributed by atoms with Crippen LogP contribution >= 0.6 is 11.3 Å². The third kappa shape index (κ3) is 7.98. The number of hydrogen-bond acceptors (Lipinski definition) is 9. The number of halogens is 4. The zero-order chi connectivity index (χ0) is 27.2. The molecular weight excluding hydrogens is 650 g/mol. The number of anilines is 1. The molecule has 2 heterocycles. The molecule has 15 heteroatoms. The van der Waals surface area contributed by atoms with Gasteiger partial charge in [-0.15, -0.1) is 0 Å². The summed E-state index contributed by atoms with van der Waals surface area (Å²) in [6.45, 7) is 0. The quantitative estimate of drug-likeness (QED) is 0.184. The van der Waals surface area contributed by atoms with Gasteiger partial charge in [-0.1, -0.05) is 11.3 Å². The number of ether oxygens (including phenoxy) is 2. The fourth-order valence-corrected chi connectivity index (χ4v) is 5.54. The van der Waals surface area contributed by atoms with Crippen LogP contribution in [0.3, 0.4) is 0 Å². The summed E-state index contributed by atoms with van der Waals surface area (Å²) in [5.74, 6) is 1.33. The number of hydrogen-bond donors (Lipinski definition) is 1. The van der Waals surface area contributed by atoms with Crippen molar-refractivity contribution in [3.63, 3.8) is 0 Å². The largest absolute Gasteiger partial charge is 0.741 e. The Kier molecular flexibility index (Phi) is 9.27. The van der Waals surface area contributed by atoms with E-state index in [2.05, 4.69) is 27.4 Å². The van der Waals surface area contributed by atoms with Gasteiger partial charge in [0.25, 0.3) is 5.91 Å². The molecule has 0 aliphatic heterocycles. The molecule has 4 rings (SSSR count). The predicted octanol–water partition coefficient (Wildman–Crippen LogP) is 1.14. The number of carbonyl (C=O) groups is 1. The fourth-order valence-electron chi connectivity index (χ4n) is 2.57. The van der Waals surface area contributed by atoms with Crippen molar-refractivity contribution in [2.75, 3.05) is 19.5 Å². The molecule has 0 radical (unpaired) electrons. The highest BCUT2D eigenvalue weighted by Crippen LogP contribution is 2.29. The van der Waals surface area contributed by atoms with E-state index in [9.17, 15) is 18.0 Å². The molecular formula is C22H17F3IN3O6S2. The summed E-state index contributed by atoms with van der Waals surface area (Å²) in [6.07, 6.45) is 1.77. The van der Waals surface area contributed by atoms with E-state index in [0.29, 0.717) is 10.8 Å². The van der Waals surface area contributed by atoms with Gasteiger partial charge in [0.15, 0.2) is 18.8 Å². The number of fused-ring (bicyclic) bond motifs is 1. The Labute approximate surface area is 223 Å². The standard InChI is InChI=1S/C21H16IN3O3S.CHF3O3S/c1-27-15-6-3-13(4-7-15)22-14-5-9-18(23-12-14)20(26)25-21-24-17-10-8-16(28-2)11-19(17)29-21;2-1(3,4)8(5,6)7/h3-12H,1-2H3;(H,5,6,7). The van der Waals surface area contributed by atoms with E-state index in [1.54, 1.807) is 26.5 Å². The molecule has 2 aromatic heterocycles. The van der Waals surface area contributed by atoms with Gasteiger partial charge < -0.3 is 14.0 Å². The lowest BCUT2D eigenvalue weighted by atomic mass is 10.3. The molecule has 0 saturated heterocycles. The number of benzene rings is 2. The lowest BCUT2D eigenvalue weighted by Gasteiger charge is -2.08. The number of nitrogens with one attached hydrogen (secondary N) is 1. The molecule has 9 nitrogen and oxygen atoms in total. The number of aromatic nitrogens is 2. The second-order valence-corrected chi connectivity index (χ2v) is 12.3. The number of methoxy groups -OCH3 is 2. The molecule has 4 aromatic rings. The van der Waals surface area contributed by atoms with Crippen molar-refractivity contribution < 1.29 is 61.6 Å². The summed E-state index contributed by atoms with van der Waals surface area (Å²) < 4.78 is 72.7. The van der Waals surface area contributed by atoms with Gasteiger partial charge in [-0.2, -0.15) is 13.2 Å². The summed E-state index contributed by atoms with van der Waals surface area (Å²) in [5.41, 5.74) is -4.46. The second-order valence-electron chi connectivity index (χ2n) is 6.82. The van der Waals surface area contributed by atoms with Crippen LogP contribution in [0.5, 0.6) is 11.5 Å². The maximum Gasteiger partial charge on any atom is 0.485 e. The Bertz CT molecular complexity index is 1480. The summed E-state index contributed by atoms with van der Waals surface area (Å²) in [6, 6.07) is 17.4. The summed E-state index contributed by atoms with van der Waals surface area (Å²) >= 11 is 1.04. The van der Waals surface area contributed by atoms with Crippen LogP contribution in [0.1, 0.15) is 10.5 Å². The van der Waals surface area contributed by atoms with Gasteiger partial charge in [-0.05, 0) is 54.6 Å².